The van der Waals surface area contributed by atoms with E-state index in [1.807, 2.05) is 4.90 Å². The quantitative estimate of drug-likeness (QED) is 0.519. The molecule has 3 aromatic rings. The number of rotatable bonds is 5. The van der Waals surface area contributed by atoms with Crippen LogP contribution in [0.25, 0.3) is 5.65 Å². The number of aromatic nitrogens is 3. The van der Waals surface area contributed by atoms with Gasteiger partial charge in [-0.3, -0.25) is 4.79 Å². The number of nitrogens with two attached hydrogens (primary N) is 1. The third-order valence-electron chi connectivity index (χ3n) is 6.55. The summed E-state index contributed by atoms with van der Waals surface area (Å²) >= 11 is 0. The molecule has 0 radical (unpaired) electrons. The molecule has 2 saturated heterocycles. The van der Waals surface area contributed by atoms with Crippen LogP contribution in [0.2, 0.25) is 0 Å². The zero-order valence-corrected chi connectivity index (χ0v) is 19.7. The number of carbonyl (C=O) groups is 2. The molecule has 0 spiro atoms. The normalized spacial score (nSPS) is 20.7. The van der Waals surface area contributed by atoms with Gasteiger partial charge in [-0.1, -0.05) is 0 Å². The van der Waals surface area contributed by atoms with Crippen molar-refractivity contribution in [2.75, 3.05) is 29.9 Å². The fourth-order valence-electron chi connectivity index (χ4n) is 4.72. The number of fused-ring (bicyclic) bond motifs is 1. The molecular formula is C24H27F2N7O3. The summed E-state index contributed by atoms with van der Waals surface area (Å²) in [7, 11) is 0. The molecule has 10 nitrogen and oxygen atoms in total. The van der Waals surface area contributed by atoms with Gasteiger partial charge in [0.2, 0.25) is 0 Å². The minimum atomic E-state index is -0.723. The summed E-state index contributed by atoms with van der Waals surface area (Å²) in [5.74, 6) is -0.866. The van der Waals surface area contributed by atoms with Crippen molar-refractivity contribution in [1.29, 1.82) is 0 Å². The minimum absolute atomic E-state index is 0.261. The van der Waals surface area contributed by atoms with Crippen LogP contribution in [0.15, 0.2) is 36.7 Å². The SMILES string of the molecule is C[C@H](N)C(=O)O[C@H]1CCN(C(=O)Nc2cnn3ccc(N4CCC[C@@H]4c4cc(F)ccc4F)nc23)C1. The molecule has 0 unspecified atom stereocenters. The van der Waals surface area contributed by atoms with Crippen LogP contribution in [0.5, 0.6) is 0 Å². The maximum atomic E-state index is 14.5. The Bertz CT molecular complexity index is 1300. The Balaban J connectivity index is 1.32. The van der Waals surface area contributed by atoms with E-state index in [0.717, 1.165) is 18.6 Å². The Hall–Kier alpha value is -3.80. The third-order valence-corrected chi connectivity index (χ3v) is 6.55. The predicted octanol–water partition coefficient (Wildman–Crippen LogP) is 2.85. The molecule has 2 amide bonds. The van der Waals surface area contributed by atoms with Crippen molar-refractivity contribution < 1.29 is 23.1 Å². The number of halogens is 2. The van der Waals surface area contributed by atoms with Gasteiger partial charge >= 0.3 is 12.0 Å². The number of nitrogens with zero attached hydrogens (tertiary/aromatic N) is 5. The number of urea groups is 1. The highest BCUT2D eigenvalue weighted by atomic mass is 19.1. The van der Waals surface area contributed by atoms with Gasteiger partial charge in [-0.05, 0) is 44.0 Å². The second kappa shape index (κ2) is 9.69. The molecule has 190 valence electrons. The summed E-state index contributed by atoms with van der Waals surface area (Å²) in [6, 6.07) is 3.81. The van der Waals surface area contributed by atoms with Gasteiger partial charge in [-0.2, -0.15) is 5.10 Å². The molecule has 3 atom stereocenters. The molecule has 1 aromatic carbocycles. The molecule has 2 fully saturated rings. The zero-order chi connectivity index (χ0) is 25.4. The fraction of sp³-hybridized carbons (Fsp3) is 0.417. The van der Waals surface area contributed by atoms with Crippen molar-refractivity contribution in [3.63, 3.8) is 0 Å². The number of hydrogen-bond acceptors (Lipinski definition) is 7. The number of esters is 1. The van der Waals surface area contributed by atoms with Crippen LogP contribution in [0.4, 0.5) is 25.1 Å². The molecule has 5 rings (SSSR count). The molecular weight excluding hydrogens is 472 g/mol. The lowest BCUT2D eigenvalue weighted by molar-refractivity contribution is -0.149. The third kappa shape index (κ3) is 4.68. The number of nitrogens with one attached hydrogen (secondary N) is 1. The van der Waals surface area contributed by atoms with E-state index < -0.39 is 29.7 Å². The Kier molecular flexibility index (Phi) is 6.44. The van der Waals surface area contributed by atoms with E-state index in [9.17, 15) is 18.4 Å². The molecule has 0 aliphatic carbocycles. The van der Waals surface area contributed by atoms with E-state index in [4.69, 9.17) is 15.5 Å². The monoisotopic (exact) mass is 499 g/mol. The second-order valence-electron chi connectivity index (χ2n) is 9.14. The summed E-state index contributed by atoms with van der Waals surface area (Å²) < 4.78 is 35.2. The molecule has 2 aromatic heterocycles. The molecule has 12 heteroatoms. The first kappa shape index (κ1) is 23.9. The van der Waals surface area contributed by atoms with Gasteiger partial charge in [0.05, 0.1) is 18.8 Å². The number of likely N-dealkylation sites (tertiary alicyclic amines) is 1. The number of anilines is 2. The second-order valence-corrected chi connectivity index (χ2v) is 9.14. The van der Waals surface area contributed by atoms with Crippen LogP contribution >= 0.6 is 0 Å². The fourth-order valence-corrected chi connectivity index (χ4v) is 4.72. The van der Waals surface area contributed by atoms with Crippen molar-refractivity contribution in [3.05, 3.63) is 53.9 Å². The number of ether oxygens (including phenoxy) is 1. The Morgan fingerprint density at radius 2 is 2.06 bits per heavy atom. The van der Waals surface area contributed by atoms with Crippen molar-refractivity contribution in [3.8, 4) is 0 Å². The first-order valence-corrected chi connectivity index (χ1v) is 11.9. The highest BCUT2D eigenvalue weighted by molar-refractivity contribution is 5.93. The first-order valence-electron chi connectivity index (χ1n) is 11.9. The van der Waals surface area contributed by atoms with Crippen molar-refractivity contribution >= 4 is 29.2 Å². The van der Waals surface area contributed by atoms with E-state index in [-0.39, 0.29) is 18.6 Å². The highest BCUT2D eigenvalue weighted by Gasteiger charge is 2.31. The highest BCUT2D eigenvalue weighted by Crippen LogP contribution is 2.37. The summed E-state index contributed by atoms with van der Waals surface area (Å²) in [6.07, 6.45) is 4.80. The predicted molar refractivity (Wildman–Crippen MR) is 127 cm³/mol. The summed E-state index contributed by atoms with van der Waals surface area (Å²) in [6.45, 7) is 2.87. The van der Waals surface area contributed by atoms with Crippen LogP contribution in [0.1, 0.15) is 37.8 Å². The summed E-state index contributed by atoms with van der Waals surface area (Å²) in [5, 5.41) is 7.08. The zero-order valence-electron chi connectivity index (χ0n) is 19.7. The lowest BCUT2D eigenvalue weighted by Gasteiger charge is -2.26. The van der Waals surface area contributed by atoms with Crippen LogP contribution < -0.4 is 16.0 Å². The molecule has 4 heterocycles. The van der Waals surface area contributed by atoms with Crippen molar-refractivity contribution in [2.45, 2.75) is 44.4 Å². The van der Waals surface area contributed by atoms with Gasteiger partial charge in [0.15, 0.2) is 5.65 Å². The lowest BCUT2D eigenvalue weighted by Crippen LogP contribution is -2.36. The first-order chi connectivity index (χ1) is 17.3. The molecule has 0 saturated carbocycles. The van der Waals surface area contributed by atoms with Gasteiger partial charge < -0.3 is 25.6 Å². The van der Waals surface area contributed by atoms with E-state index in [1.165, 1.54) is 16.8 Å². The maximum Gasteiger partial charge on any atom is 0.322 e. The van der Waals surface area contributed by atoms with E-state index >= 15 is 0 Å². The minimum Gasteiger partial charge on any atom is -0.459 e. The number of hydrogen-bond donors (Lipinski definition) is 2. The molecule has 2 aliphatic rings. The van der Waals surface area contributed by atoms with Crippen LogP contribution in [-0.2, 0) is 9.53 Å². The standard InChI is InChI=1S/C24H27F2N7O3/c1-14(27)23(34)36-16-6-9-31(13-16)24(35)29-19-12-28-33-10-7-21(30-22(19)33)32-8-2-3-20(32)17-11-15(25)4-5-18(17)26/h4-5,7,10-12,14,16,20H,2-3,6,8-9,13,27H2,1H3,(H,29,35)/t14-,16-,20+/m0/s1. The van der Waals surface area contributed by atoms with Gasteiger partial charge in [-0.25, -0.2) is 23.1 Å². The smallest absolute Gasteiger partial charge is 0.322 e. The molecule has 36 heavy (non-hydrogen) atoms. The van der Waals surface area contributed by atoms with Gasteiger partial charge in [0.1, 0.15) is 35.3 Å². The molecule has 0 bridgehead atoms. The van der Waals surface area contributed by atoms with E-state index in [0.29, 0.717) is 48.6 Å². The molecule has 2 aliphatic heterocycles. The number of benzene rings is 1. The van der Waals surface area contributed by atoms with E-state index in [2.05, 4.69) is 10.4 Å². The Morgan fingerprint density at radius 3 is 2.86 bits per heavy atom. The Labute approximate surface area is 206 Å². The average Bonchev–Trinajstić information content (AvgIpc) is 3.60. The van der Waals surface area contributed by atoms with Crippen LogP contribution in [0, 0.1) is 11.6 Å². The van der Waals surface area contributed by atoms with Crippen LogP contribution in [-0.4, -0.2) is 63.3 Å². The number of carbonyl (C=O) groups excluding carboxylic acids is 2. The average molecular weight is 500 g/mol. The topological polar surface area (TPSA) is 118 Å². The summed E-state index contributed by atoms with van der Waals surface area (Å²) in [4.78, 5) is 32.8. The van der Waals surface area contributed by atoms with Crippen LogP contribution in [0.3, 0.4) is 0 Å². The van der Waals surface area contributed by atoms with Gasteiger partial charge in [0.25, 0.3) is 0 Å². The van der Waals surface area contributed by atoms with E-state index in [1.54, 1.807) is 24.1 Å². The van der Waals surface area contributed by atoms with Gasteiger partial charge in [-0.15, -0.1) is 0 Å². The maximum absolute atomic E-state index is 14.5. The number of amides is 2. The van der Waals surface area contributed by atoms with Gasteiger partial charge in [0, 0.05) is 31.3 Å². The lowest BCUT2D eigenvalue weighted by atomic mass is 10.0. The molecule has 3 N–H and O–H groups in total. The summed E-state index contributed by atoms with van der Waals surface area (Å²) in [5.41, 5.74) is 6.67. The Morgan fingerprint density at radius 1 is 1.22 bits per heavy atom. The van der Waals surface area contributed by atoms with Crippen molar-refractivity contribution in [2.24, 2.45) is 5.73 Å². The largest absolute Gasteiger partial charge is 0.459 e. The van der Waals surface area contributed by atoms with Crippen molar-refractivity contribution in [1.82, 2.24) is 19.5 Å².